The number of benzene rings is 1. The summed E-state index contributed by atoms with van der Waals surface area (Å²) in [6.45, 7) is 0.402. The van der Waals surface area contributed by atoms with Crippen LogP contribution in [0.4, 0.5) is 0 Å². The monoisotopic (exact) mass is 350 g/mol. The first kappa shape index (κ1) is 17.0. The first-order valence-corrected chi connectivity index (χ1v) is 8.16. The molecule has 5 nitrogen and oxygen atoms in total. The minimum absolute atomic E-state index is 0.402. The first-order valence-electron chi connectivity index (χ1n) is 7.75. The smallest absolute Gasteiger partial charge is 0.140 e. The van der Waals surface area contributed by atoms with Gasteiger partial charge in [0.05, 0.1) is 17.9 Å². The van der Waals surface area contributed by atoms with Gasteiger partial charge in [-0.2, -0.15) is 0 Å². The lowest BCUT2D eigenvalue weighted by atomic mass is 10.0. The van der Waals surface area contributed by atoms with Gasteiger partial charge in [0.15, 0.2) is 0 Å². The molecule has 0 aliphatic heterocycles. The van der Waals surface area contributed by atoms with Crippen LogP contribution in [-0.2, 0) is 4.74 Å². The molecule has 6 heteroatoms. The van der Waals surface area contributed by atoms with Crippen LogP contribution >= 0.6 is 12.2 Å². The number of nitrogens with one attached hydrogen (secondary N) is 1. The molecule has 0 bridgehead atoms. The van der Waals surface area contributed by atoms with Crippen molar-refractivity contribution in [3.8, 4) is 22.6 Å². The molecule has 0 aliphatic carbocycles. The third-order valence-corrected chi connectivity index (χ3v) is 3.97. The van der Waals surface area contributed by atoms with E-state index in [0.29, 0.717) is 28.3 Å². The van der Waals surface area contributed by atoms with E-state index in [9.17, 15) is 0 Å². The summed E-state index contributed by atoms with van der Waals surface area (Å²) in [7, 11) is 1.62. The Balaban J connectivity index is 2.23. The molecule has 0 saturated heterocycles. The van der Waals surface area contributed by atoms with Gasteiger partial charge in [0.25, 0.3) is 0 Å². The third kappa shape index (κ3) is 3.81. The van der Waals surface area contributed by atoms with Crippen molar-refractivity contribution in [1.82, 2.24) is 15.0 Å². The maximum atomic E-state index is 6.25. The van der Waals surface area contributed by atoms with E-state index in [-0.39, 0.29) is 0 Å². The summed E-state index contributed by atoms with van der Waals surface area (Å²) in [4.78, 5) is 12.0. The summed E-state index contributed by atoms with van der Waals surface area (Å²) in [5, 5.41) is 0. The average Bonchev–Trinajstić information content (AvgIpc) is 2.67. The summed E-state index contributed by atoms with van der Waals surface area (Å²) in [5.74, 6) is 0.653. The molecular weight excluding hydrogens is 332 g/mol. The van der Waals surface area contributed by atoms with Crippen molar-refractivity contribution in [3.63, 3.8) is 0 Å². The van der Waals surface area contributed by atoms with Crippen molar-refractivity contribution in [3.05, 3.63) is 71.1 Å². The molecule has 25 heavy (non-hydrogen) atoms. The molecule has 0 aliphatic rings. The summed E-state index contributed by atoms with van der Waals surface area (Å²) < 4.78 is 5.51. The van der Waals surface area contributed by atoms with Gasteiger partial charge < -0.3 is 15.5 Å². The molecule has 0 spiro atoms. The Morgan fingerprint density at radius 1 is 1.20 bits per heavy atom. The van der Waals surface area contributed by atoms with Gasteiger partial charge in [-0.05, 0) is 23.8 Å². The highest BCUT2D eigenvalue weighted by Gasteiger charge is 2.14. The lowest BCUT2D eigenvalue weighted by Crippen LogP contribution is -2.06. The van der Waals surface area contributed by atoms with Gasteiger partial charge in [0, 0.05) is 30.8 Å². The second-order valence-corrected chi connectivity index (χ2v) is 5.75. The first-order chi connectivity index (χ1) is 12.2. The Morgan fingerprint density at radius 2 is 1.96 bits per heavy atom. The quantitative estimate of drug-likeness (QED) is 0.684. The van der Waals surface area contributed by atoms with Gasteiger partial charge in [-0.15, -0.1) is 0 Å². The number of hydrogen-bond donors (Lipinski definition) is 2. The number of hydrogen-bond acceptors (Lipinski definition) is 5. The van der Waals surface area contributed by atoms with Crippen molar-refractivity contribution in [1.29, 1.82) is 0 Å². The van der Waals surface area contributed by atoms with Crippen molar-refractivity contribution >= 4 is 17.9 Å². The molecule has 0 amide bonds. The zero-order chi connectivity index (χ0) is 17.6. The molecule has 0 fully saturated rings. The second kappa shape index (κ2) is 7.83. The Hall–Kier alpha value is -2.83. The number of H-pyrrole nitrogens is 1. The highest BCUT2D eigenvalue weighted by Crippen LogP contribution is 2.28. The Morgan fingerprint density at radius 3 is 2.64 bits per heavy atom. The summed E-state index contributed by atoms with van der Waals surface area (Å²) >= 11 is 5.54. The zero-order valence-corrected chi connectivity index (χ0v) is 14.6. The summed E-state index contributed by atoms with van der Waals surface area (Å²) in [6.07, 6.45) is 5.25. The van der Waals surface area contributed by atoms with E-state index in [1.165, 1.54) is 0 Å². The molecule has 2 heterocycles. The van der Waals surface area contributed by atoms with E-state index in [4.69, 9.17) is 22.7 Å². The van der Waals surface area contributed by atoms with Crippen LogP contribution in [0.3, 0.4) is 0 Å². The van der Waals surface area contributed by atoms with Crippen LogP contribution < -0.4 is 5.73 Å². The number of aromatic nitrogens is 3. The minimum Gasteiger partial charge on any atom is -0.398 e. The van der Waals surface area contributed by atoms with Crippen LogP contribution in [0, 0.1) is 4.64 Å². The second-order valence-electron chi connectivity index (χ2n) is 5.36. The zero-order valence-electron chi connectivity index (χ0n) is 13.8. The molecule has 1 aromatic carbocycles. The number of rotatable bonds is 5. The Labute approximate surface area is 151 Å². The largest absolute Gasteiger partial charge is 0.398 e. The van der Waals surface area contributed by atoms with Gasteiger partial charge in [-0.3, -0.25) is 4.98 Å². The SMILES string of the molecule is COC/C=C(\N)c1c(-c2ccccc2)[nH]c(-c2cccnc2)nc1=S. The number of aromatic amines is 1. The van der Waals surface area contributed by atoms with Crippen molar-refractivity contribution in [2.75, 3.05) is 13.7 Å². The van der Waals surface area contributed by atoms with E-state index in [0.717, 1.165) is 16.8 Å². The van der Waals surface area contributed by atoms with Crippen molar-refractivity contribution < 1.29 is 4.74 Å². The lowest BCUT2D eigenvalue weighted by Gasteiger charge is -2.13. The van der Waals surface area contributed by atoms with E-state index in [1.807, 2.05) is 42.5 Å². The van der Waals surface area contributed by atoms with E-state index in [2.05, 4.69) is 15.0 Å². The highest BCUT2D eigenvalue weighted by atomic mass is 32.1. The standard InChI is InChI=1S/C19H18N4OS/c1-24-11-9-15(20)16-17(13-6-3-2-4-7-13)22-18(23-19(16)25)14-8-5-10-21-12-14/h2-10,12H,11,20H2,1H3,(H,22,23,25)/b15-9-. The normalized spacial score (nSPS) is 11.5. The topological polar surface area (TPSA) is 76.8 Å². The average molecular weight is 350 g/mol. The fourth-order valence-corrected chi connectivity index (χ4v) is 2.79. The van der Waals surface area contributed by atoms with Crippen LogP contribution in [-0.4, -0.2) is 28.7 Å². The number of pyridine rings is 1. The molecule has 3 aromatic rings. The Kier molecular flexibility index (Phi) is 5.33. The molecular formula is C19H18N4OS. The number of nitrogens with zero attached hydrogens (tertiary/aromatic N) is 2. The Bertz CT molecular complexity index is 937. The number of nitrogens with two attached hydrogens (primary N) is 1. The molecule has 0 saturated carbocycles. The van der Waals surface area contributed by atoms with E-state index in [1.54, 1.807) is 25.6 Å². The number of ether oxygens (including phenoxy) is 1. The predicted octanol–water partition coefficient (Wildman–Crippen LogP) is 3.81. The lowest BCUT2D eigenvalue weighted by molar-refractivity contribution is 0.234. The van der Waals surface area contributed by atoms with Crippen LogP contribution in [0.25, 0.3) is 28.3 Å². The highest BCUT2D eigenvalue weighted by molar-refractivity contribution is 7.71. The van der Waals surface area contributed by atoms with Crippen LogP contribution in [0.1, 0.15) is 5.56 Å². The minimum atomic E-state index is 0.402. The van der Waals surface area contributed by atoms with Gasteiger partial charge >= 0.3 is 0 Å². The summed E-state index contributed by atoms with van der Waals surface area (Å²) in [6, 6.07) is 13.7. The molecule has 3 rings (SSSR count). The maximum absolute atomic E-state index is 6.25. The van der Waals surface area contributed by atoms with Crippen LogP contribution in [0.2, 0.25) is 0 Å². The van der Waals surface area contributed by atoms with E-state index < -0.39 is 0 Å². The fourth-order valence-electron chi connectivity index (χ4n) is 2.48. The maximum Gasteiger partial charge on any atom is 0.140 e. The fraction of sp³-hybridized carbons (Fsp3) is 0.105. The van der Waals surface area contributed by atoms with E-state index >= 15 is 0 Å². The van der Waals surface area contributed by atoms with Gasteiger partial charge in [-0.25, -0.2) is 4.98 Å². The van der Waals surface area contributed by atoms with Crippen LogP contribution in [0.15, 0.2) is 60.9 Å². The predicted molar refractivity (Wildman–Crippen MR) is 102 cm³/mol. The molecule has 126 valence electrons. The third-order valence-electron chi connectivity index (χ3n) is 3.68. The van der Waals surface area contributed by atoms with Gasteiger partial charge in [0.1, 0.15) is 10.5 Å². The van der Waals surface area contributed by atoms with Gasteiger partial charge in [-0.1, -0.05) is 42.5 Å². The molecule has 2 aromatic heterocycles. The van der Waals surface area contributed by atoms with Gasteiger partial charge in [0.2, 0.25) is 0 Å². The summed E-state index contributed by atoms with van der Waals surface area (Å²) in [5.41, 5.74) is 10.1. The molecule has 0 atom stereocenters. The number of methoxy groups -OCH3 is 1. The molecule has 3 N–H and O–H groups in total. The molecule has 0 unspecified atom stereocenters. The van der Waals surface area contributed by atoms with Crippen LogP contribution in [0.5, 0.6) is 0 Å². The van der Waals surface area contributed by atoms with Crippen molar-refractivity contribution in [2.45, 2.75) is 0 Å². The van der Waals surface area contributed by atoms with Crippen molar-refractivity contribution in [2.24, 2.45) is 5.73 Å². The molecule has 0 radical (unpaired) electrons.